The topological polar surface area (TPSA) is 26.0 Å². The lowest BCUT2D eigenvalue weighted by Crippen LogP contribution is -1.91. The Kier molecular flexibility index (Phi) is 2.66. The van der Waals surface area contributed by atoms with E-state index in [2.05, 4.69) is 37.3 Å². The molecule has 1 heterocycles. The van der Waals surface area contributed by atoms with Crippen LogP contribution < -0.4 is 5.73 Å². The molecule has 1 aromatic heterocycles. The summed E-state index contributed by atoms with van der Waals surface area (Å²) in [4.78, 5) is 2.59. The molecule has 2 N–H and O–H groups in total. The lowest BCUT2D eigenvalue weighted by atomic mass is 10.1. The number of benzene rings is 1. The largest absolute Gasteiger partial charge is 0.326 e. The fourth-order valence-electron chi connectivity index (χ4n) is 1.52. The first-order valence-corrected chi connectivity index (χ1v) is 5.47. The van der Waals surface area contributed by atoms with Crippen molar-refractivity contribution in [1.29, 1.82) is 0 Å². The van der Waals surface area contributed by atoms with Gasteiger partial charge in [0.05, 0.1) is 0 Å². The first-order valence-electron chi connectivity index (χ1n) is 4.66. The van der Waals surface area contributed by atoms with Crippen LogP contribution in [-0.4, -0.2) is 0 Å². The fourth-order valence-corrected chi connectivity index (χ4v) is 2.58. The molecule has 2 aromatic rings. The summed E-state index contributed by atoms with van der Waals surface area (Å²) >= 11 is 1.79. The van der Waals surface area contributed by atoms with Crippen molar-refractivity contribution in [2.45, 2.75) is 13.5 Å². The number of nitrogens with two attached hydrogens (primary N) is 1. The van der Waals surface area contributed by atoms with E-state index in [0.717, 1.165) is 0 Å². The maximum Gasteiger partial charge on any atom is 0.0375 e. The van der Waals surface area contributed by atoms with E-state index in [9.17, 15) is 0 Å². The molecule has 0 bridgehead atoms. The summed E-state index contributed by atoms with van der Waals surface area (Å²) in [5.74, 6) is 0. The Morgan fingerprint density at radius 1 is 1.21 bits per heavy atom. The van der Waals surface area contributed by atoms with Crippen LogP contribution in [-0.2, 0) is 6.54 Å². The molecule has 0 amide bonds. The van der Waals surface area contributed by atoms with Crippen LogP contribution in [0.15, 0.2) is 36.4 Å². The van der Waals surface area contributed by atoms with Gasteiger partial charge in [0.2, 0.25) is 0 Å². The minimum Gasteiger partial charge on any atom is -0.326 e. The molecular weight excluding hydrogens is 190 g/mol. The Labute approximate surface area is 88.2 Å². The summed E-state index contributed by atoms with van der Waals surface area (Å²) in [6, 6.07) is 12.6. The Balaban J connectivity index is 2.46. The maximum absolute atomic E-state index is 5.62. The Morgan fingerprint density at radius 2 is 1.93 bits per heavy atom. The molecule has 0 aliphatic carbocycles. The standard InChI is InChI=1S/C12H13NS/c1-9-7-11(8-13)14-12(9)10-5-3-2-4-6-10/h2-7H,8,13H2,1H3. The second-order valence-corrected chi connectivity index (χ2v) is 4.43. The maximum atomic E-state index is 5.62. The molecule has 2 heteroatoms. The van der Waals surface area contributed by atoms with Gasteiger partial charge in [0.15, 0.2) is 0 Å². The van der Waals surface area contributed by atoms with Crippen LogP contribution >= 0.6 is 11.3 Å². The van der Waals surface area contributed by atoms with E-state index in [4.69, 9.17) is 5.73 Å². The summed E-state index contributed by atoms with van der Waals surface area (Å²) in [7, 11) is 0. The van der Waals surface area contributed by atoms with Crippen LogP contribution in [0.1, 0.15) is 10.4 Å². The van der Waals surface area contributed by atoms with Crippen LogP contribution in [0.2, 0.25) is 0 Å². The van der Waals surface area contributed by atoms with Crippen molar-refractivity contribution in [2.24, 2.45) is 5.73 Å². The predicted octanol–water partition coefficient (Wildman–Crippen LogP) is 3.18. The molecule has 0 atom stereocenters. The molecule has 1 aromatic carbocycles. The van der Waals surface area contributed by atoms with Crippen molar-refractivity contribution in [3.05, 3.63) is 46.8 Å². The van der Waals surface area contributed by atoms with Crippen molar-refractivity contribution in [1.82, 2.24) is 0 Å². The molecule has 14 heavy (non-hydrogen) atoms. The highest BCUT2D eigenvalue weighted by Crippen LogP contribution is 2.31. The third kappa shape index (κ3) is 1.72. The lowest BCUT2D eigenvalue weighted by molar-refractivity contribution is 1.10. The highest BCUT2D eigenvalue weighted by molar-refractivity contribution is 7.15. The van der Waals surface area contributed by atoms with Crippen LogP contribution in [0.25, 0.3) is 10.4 Å². The van der Waals surface area contributed by atoms with Crippen LogP contribution in [0.5, 0.6) is 0 Å². The second-order valence-electron chi connectivity index (χ2n) is 3.29. The summed E-state index contributed by atoms with van der Waals surface area (Å²) in [6.45, 7) is 2.77. The molecule has 0 unspecified atom stereocenters. The first-order chi connectivity index (χ1) is 6.81. The zero-order valence-electron chi connectivity index (χ0n) is 8.16. The summed E-state index contributed by atoms with van der Waals surface area (Å²) in [5, 5.41) is 0. The number of hydrogen-bond acceptors (Lipinski definition) is 2. The quantitative estimate of drug-likeness (QED) is 0.797. The van der Waals surface area contributed by atoms with Gasteiger partial charge in [-0.1, -0.05) is 30.3 Å². The zero-order valence-corrected chi connectivity index (χ0v) is 8.97. The SMILES string of the molecule is Cc1cc(CN)sc1-c1ccccc1. The van der Waals surface area contributed by atoms with Gasteiger partial charge in [0.1, 0.15) is 0 Å². The van der Waals surface area contributed by atoms with Crippen molar-refractivity contribution in [3.63, 3.8) is 0 Å². The molecule has 1 nitrogen and oxygen atoms in total. The van der Waals surface area contributed by atoms with Gasteiger partial charge < -0.3 is 5.73 Å². The molecule has 72 valence electrons. The average molecular weight is 203 g/mol. The van der Waals surface area contributed by atoms with E-state index >= 15 is 0 Å². The molecule has 0 saturated carbocycles. The third-order valence-corrected chi connectivity index (χ3v) is 3.51. The van der Waals surface area contributed by atoms with E-state index in [1.54, 1.807) is 11.3 Å². The van der Waals surface area contributed by atoms with Gasteiger partial charge in [-0.2, -0.15) is 0 Å². The van der Waals surface area contributed by atoms with Gasteiger partial charge in [0, 0.05) is 16.3 Å². The molecule has 2 rings (SSSR count). The molecule has 0 fully saturated rings. The van der Waals surface area contributed by atoms with Gasteiger partial charge in [-0.3, -0.25) is 0 Å². The van der Waals surface area contributed by atoms with Gasteiger partial charge in [-0.15, -0.1) is 11.3 Å². The highest BCUT2D eigenvalue weighted by atomic mass is 32.1. The molecule has 0 spiro atoms. The van der Waals surface area contributed by atoms with E-state index in [-0.39, 0.29) is 0 Å². The van der Waals surface area contributed by atoms with E-state index < -0.39 is 0 Å². The monoisotopic (exact) mass is 203 g/mol. The average Bonchev–Trinajstić information content (AvgIpc) is 2.61. The molecular formula is C12H13NS. The number of rotatable bonds is 2. The molecule has 0 aliphatic heterocycles. The van der Waals surface area contributed by atoms with Crippen molar-refractivity contribution in [3.8, 4) is 10.4 Å². The number of hydrogen-bond donors (Lipinski definition) is 1. The van der Waals surface area contributed by atoms with Crippen LogP contribution in [0.4, 0.5) is 0 Å². The Bertz CT molecular complexity index is 417. The fraction of sp³-hybridized carbons (Fsp3) is 0.167. The minimum absolute atomic E-state index is 0.637. The lowest BCUT2D eigenvalue weighted by Gasteiger charge is -1.97. The zero-order chi connectivity index (χ0) is 9.97. The predicted molar refractivity (Wildman–Crippen MR) is 62.4 cm³/mol. The first kappa shape index (κ1) is 9.44. The summed E-state index contributed by atoms with van der Waals surface area (Å²) in [5.41, 5.74) is 8.23. The third-order valence-electron chi connectivity index (χ3n) is 2.21. The smallest absolute Gasteiger partial charge is 0.0375 e. The molecule has 0 saturated heterocycles. The van der Waals surface area contributed by atoms with Crippen molar-refractivity contribution in [2.75, 3.05) is 0 Å². The van der Waals surface area contributed by atoms with E-state index in [0.29, 0.717) is 6.54 Å². The normalized spacial score (nSPS) is 10.4. The summed E-state index contributed by atoms with van der Waals surface area (Å²) in [6.07, 6.45) is 0. The van der Waals surface area contributed by atoms with Crippen molar-refractivity contribution >= 4 is 11.3 Å². The Hall–Kier alpha value is -1.12. The molecule has 0 radical (unpaired) electrons. The second kappa shape index (κ2) is 3.95. The van der Waals surface area contributed by atoms with Gasteiger partial charge in [-0.05, 0) is 24.1 Å². The number of aryl methyl sites for hydroxylation is 1. The van der Waals surface area contributed by atoms with Gasteiger partial charge in [0.25, 0.3) is 0 Å². The van der Waals surface area contributed by atoms with Crippen LogP contribution in [0, 0.1) is 6.92 Å². The van der Waals surface area contributed by atoms with E-state index in [1.807, 2.05) is 6.07 Å². The molecule has 0 aliphatic rings. The van der Waals surface area contributed by atoms with Gasteiger partial charge in [-0.25, -0.2) is 0 Å². The van der Waals surface area contributed by atoms with E-state index in [1.165, 1.54) is 20.9 Å². The van der Waals surface area contributed by atoms with Crippen molar-refractivity contribution < 1.29 is 0 Å². The minimum atomic E-state index is 0.637. The highest BCUT2D eigenvalue weighted by Gasteiger charge is 2.05. The van der Waals surface area contributed by atoms with Crippen LogP contribution in [0.3, 0.4) is 0 Å². The Morgan fingerprint density at radius 3 is 2.50 bits per heavy atom. The van der Waals surface area contributed by atoms with Gasteiger partial charge >= 0.3 is 0 Å². The summed E-state index contributed by atoms with van der Waals surface area (Å²) < 4.78 is 0. The number of thiophene rings is 1.